The van der Waals surface area contributed by atoms with E-state index in [-0.39, 0.29) is 18.1 Å². The molecule has 4 heteroatoms. The maximum atomic E-state index is 12.2. The van der Waals surface area contributed by atoms with Gasteiger partial charge in [-0.05, 0) is 43.4 Å². The van der Waals surface area contributed by atoms with Crippen LogP contribution in [0.5, 0.6) is 0 Å². The van der Waals surface area contributed by atoms with Crippen molar-refractivity contribution >= 4 is 16.8 Å². The third kappa shape index (κ3) is 3.63. The molecule has 1 aromatic heterocycles. The summed E-state index contributed by atoms with van der Waals surface area (Å²) in [4.78, 5) is 16.6. The highest BCUT2D eigenvalue weighted by Gasteiger charge is 2.22. The molecule has 0 spiro atoms. The molecule has 1 saturated carbocycles. The van der Waals surface area contributed by atoms with E-state index in [4.69, 9.17) is 4.74 Å². The summed E-state index contributed by atoms with van der Waals surface area (Å²) in [5, 5.41) is 4.21. The first-order valence-electron chi connectivity index (χ1n) is 7.90. The fraction of sp³-hybridized carbons (Fsp3) is 0.444. The fourth-order valence-electron chi connectivity index (χ4n) is 3.17. The predicted molar refractivity (Wildman–Crippen MR) is 86.6 cm³/mol. The van der Waals surface area contributed by atoms with Crippen LogP contribution >= 0.6 is 0 Å². The zero-order valence-electron chi connectivity index (χ0n) is 12.9. The largest absolute Gasteiger partial charge is 0.381 e. The molecule has 116 valence electrons. The molecule has 3 rings (SSSR count). The van der Waals surface area contributed by atoms with E-state index in [0.717, 1.165) is 42.1 Å². The highest BCUT2D eigenvalue weighted by atomic mass is 16.5. The fourth-order valence-corrected chi connectivity index (χ4v) is 3.17. The van der Waals surface area contributed by atoms with Gasteiger partial charge in [0.1, 0.15) is 0 Å². The molecule has 0 aliphatic heterocycles. The lowest BCUT2D eigenvalue weighted by Crippen LogP contribution is -2.40. The van der Waals surface area contributed by atoms with Crippen molar-refractivity contribution in [1.29, 1.82) is 0 Å². The number of carbonyl (C=O) groups is 1. The molecule has 1 N–H and O–H groups in total. The number of nitrogens with one attached hydrogen (secondary N) is 1. The van der Waals surface area contributed by atoms with Gasteiger partial charge in [0.05, 0.1) is 18.0 Å². The molecule has 1 fully saturated rings. The third-order valence-electron chi connectivity index (χ3n) is 4.34. The van der Waals surface area contributed by atoms with E-state index >= 15 is 0 Å². The Kier molecular flexibility index (Phi) is 4.68. The van der Waals surface area contributed by atoms with Crippen molar-refractivity contribution in [3.63, 3.8) is 0 Å². The second-order valence-electron chi connectivity index (χ2n) is 6.00. The molecule has 1 aliphatic carbocycles. The van der Waals surface area contributed by atoms with Crippen molar-refractivity contribution in [2.24, 2.45) is 0 Å². The van der Waals surface area contributed by atoms with Gasteiger partial charge < -0.3 is 10.1 Å². The van der Waals surface area contributed by atoms with Crippen LogP contribution in [0, 0.1) is 0 Å². The zero-order chi connectivity index (χ0) is 15.4. The third-order valence-corrected chi connectivity index (χ3v) is 4.34. The number of nitrogens with zero attached hydrogens (tertiary/aromatic N) is 1. The number of pyridine rings is 1. The summed E-state index contributed by atoms with van der Waals surface area (Å²) >= 11 is 0. The summed E-state index contributed by atoms with van der Waals surface area (Å²) in [7, 11) is 1.75. The monoisotopic (exact) mass is 298 g/mol. The Bertz CT molecular complexity index is 656. The maximum Gasteiger partial charge on any atom is 0.224 e. The average Bonchev–Trinajstić information content (AvgIpc) is 2.55. The highest BCUT2D eigenvalue weighted by Crippen LogP contribution is 2.21. The van der Waals surface area contributed by atoms with Crippen LogP contribution in [-0.4, -0.2) is 30.1 Å². The lowest BCUT2D eigenvalue weighted by atomic mass is 9.92. The summed E-state index contributed by atoms with van der Waals surface area (Å²) in [6.45, 7) is 0. The second kappa shape index (κ2) is 6.88. The molecule has 0 radical (unpaired) electrons. The molecule has 0 saturated heterocycles. The van der Waals surface area contributed by atoms with Crippen LogP contribution in [0.4, 0.5) is 0 Å². The molecule has 22 heavy (non-hydrogen) atoms. The molecule has 1 amide bonds. The van der Waals surface area contributed by atoms with Crippen molar-refractivity contribution in [1.82, 2.24) is 10.3 Å². The molecule has 2 aromatic rings. The van der Waals surface area contributed by atoms with Gasteiger partial charge in [0.15, 0.2) is 0 Å². The Hall–Kier alpha value is -1.94. The van der Waals surface area contributed by atoms with Gasteiger partial charge in [-0.3, -0.25) is 9.78 Å². The van der Waals surface area contributed by atoms with E-state index in [0.29, 0.717) is 6.42 Å². The molecule has 1 aromatic carbocycles. The summed E-state index contributed by atoms with van der Waals surface area (Å²) in [6, 6.07) is 10.2. The van der Waals surface area contributed by atoms with E-state index in [9.17, 15) is 4.79 Å². The maximum absolute atomic E-state index is 12.2. The smallest absolute Gasteiger partial charge is 0.224 e. The first kappa shape index (κ1) is 15.0. The Morgan fingerprint density at radius 2 is 2.23 bits per heavy atom. The van der Waals surface area contributed by atoms with Gasteiger partial charge in [-0.15, -0.1) is 0 Å². The van der Waals surface area contributed by atoms with Gasteiger partial charge in [-0.25, -0.2) is 0 Å². The van der Waals surface area contributed by atoms with Crippen LogP contribution in [0.2, 0.25) is 0 Å². The standard InChI is InChI=1S/C18H22N2O2/c1-22-16-7-4-6-15(11-16)20-18(21)10-13-9-14-5-2-3-8-17(14)19-12-13/h2-3,5,8-9,12,15-16H,4,6-7,10-11H2,1H3,(H,20,21). The number of ether oxygens (including phenoxy) is 1. The number of carbonyl (C=O) groups excluding carboxylic acids is 1. The van der Waals surface area contributed by atoms with Crippen molar-refractivity contribution in [3.05, 3.63) is 42.1 Å². The van der Waals surface area contributed by atoms with Crippen molar-refractivity contribution < 1.29 is 9.53 Å². The summed E-state index contributed by atoms with van der Waals surface area (Å²) < 4.78 is 5.41. The van der Waals surface area contributed by atoms with Crippen LogP contribution in [0.1, 0.15) is 31.2 Å². The summed E-state index contributed by atoms with van der Waals surface area (Å²) in [6.07, 6.45) is 6.62. The van der Waals surface area contributed by atoms with Crippen molar-refractivity contribution in [2.75, 3.05) is 7.11 Å². The number of hydrogen-bond acceptors (Lipinski definition) is 3. The Balaban J connectivity index is 1.60. The number of para-hydroxylation sites is 1. The molecular weight excluding hydrogens is 276 g/mol. The Morgan fingerprint density at radius 1 is 1.36 bits per heavy atom. The number of methoxy groups -OCH3 is 1. The number of amides is 1. The average molecular weight is 298 g/mol. The predicted octanol–water partition coefficient (Wildman–Crippen LogP) is 2.85. The minimum absolute atomic E-state index is 0.0684. The van der Waals surface area contributed by atoms with Crippen LogP contribution in [0.15, 0.2) is 36.5 Å². The van der Waals surface area contributed by atoms with Crippen LogP contribution in [0.3, 0.4) is 0 Å². The lowest BCUT2D eigenvalue weighted by Gasteiger charge is -2.28. The first-order valence-corrected chi connectivity index (χ1v) is 7.90. The van der Waals surface area contributed by atoms with Crippen LogP contribution in [-0.2, 0) is 16.0 Å². The normalized spacial score (nSPS) is 21.7. The molecule has 4 nitrogen and oxygen atoms in total. The van der Waals surface area contributed by atoms with E-state index in [1.807, 2.05) is 30.3 Å². The number of fused-ring (bicyclic) bond motifs is 1. The molecule has 1 heterocycles. The number of aromatic nitrogens is 1. The number of hydrogen-bond donors (Lipinski definition) is 1. The summed E-state index contributed by atoms with van der Waals surface area (Å²) in [5.74, 6) is 0.0684. The van der Waals surface area contributed by atoms with E-state index in [1.54, 1.807) is 13.3 Å². The molecule has 2 atom stereocenters. The molecule has 0 bridgehead atoms. The van der Waals surface area contributed by atoms with Gasteiger partial charge in [0, 0.05) is 24.7 Å². The van der Waals surface area contributed by atoms with Crippen LogP contribution < -0.4 is 5.32 Å². The van der Waals surface area contributed by atoms with Crippen molar-refractivity contribution in [3.8, 4) is 0 Å². The van der Waals surface area contributed by atoms with Gasteiger partial charge in [-0.2, -0.15) is 0 Å². The lowest BCUT2D eigenvalue weighted by molar-refractivity contribution is -0.121. The van der Waals surface area contributed by atoms with E-state index < -0.39 is 0 Å². The topological polar surface area (TPSA) is 51.2 Å². The molecule has 1 aliphatic rings. The Morgan fingerprint density at radius 3 is 3.09 bits per heavy atom. The minimum Gasteiger partial charge on any atom is -0.381 e. The number of rotatable bonds is 4. The van der Waals surface area contributed by atoms with E-state index in [1.165, 1.54) is 0 Å². The zero-order valence-corrected chi connectivity index (χ0v) is 12.9. The first-order chi connectivity index (χ1) is 10.7. The van der Waals surface area contributed by atoms with Gasteiger partial charge in [0.2, 0.25) is 5.91 Å². The Labute approximate surface area is 130 Å². The SMILES string of the molecule is COC1CCCC(NC(=O)Cc2cnc3ccccc3c2)C1. The summed E-state index contributed by atoms with van der Waals surface area (Å²) in [5.41, 5.74) is 1.91. The number of benzene rings is 1. The highest BCUT2D eigenvalue weighted by molar-refractivity contribution is 5.82. The molecular formula is C18H22N2O2. The van der Waals surface area contributed by atoms with Crippen molar-refractivity contribution in [2.45, 2.75) is 44.2 Å². The quantitative estimate of drug-likeness (QED) is 0.944. The van der Waals surface area contributed by atoms with E-state index in [2.05, 4.69) is 10.3 Å². The minimum atomic E-state index is 0.0684. The van der Waals surface area contributed by atoms with Crippen LogP contribution in [0.25, 0.3) is 10.9 Å². The van der Waals surface area contributed by atoms with Gasteiger partial charge in [0.25, 0.3) is 0 Å². The second-order valence-corrected chi connectivity index (χ2v) is 6.00. The van der Waals surface area contributed by atoms with Gasteiger partial charge in [-0.1, -0.05) is 18.2 Å². The molecule has 2 unspecified atom stereocenters. The van der Waals surface area contributed by atoms with Gasteiger partial charge >= 0.3 is 0 Å².